The molecule has 1 aliphatic rings. The van der Waals surface area contributed by atoms with Crippen LogP contribution in [0.3, 0.4) is 0 Å². The second-order valence-electron chi connectivity index (χ2n) is 8.46. The molecule has 6 nitrogen and oxygen atoms in total. The average molecular weight is 459 g/mol. The van der Waals surface area contributed by atoms with Crippen LogP contribution in [0.2, 0.25) is 0 Å². The molecule has 4 N–H and O–H groups in total. The number of benzene rings is 4. The minimum absolute atomic E-state index is 0.472. The predicted octanol–water partition coefficient (Wildman–Crippen LogP) is 3.34. The molecule has 1 aliphatic heterocycles. The van der Waals surface area contributed by atoms with E-state index in [4.69, 9.17) is 9.47 Å². The Hall–Kier alpha value is -3.26. The number of aliphatic hydroxyl groups excluding tert-OH is 4. The van der Waals surface area contributed by atoms with Gasteiger partial charge >= 0.3 is 0 Å². The summed E-state index contributed by atoms with van der Waals surface area (Å²) in [5, 5.41) is 44.3. The van der Waals surface area contributed by atoms with Crippen molar-refractivity contribution in [2.45, 2.75) is 30.7 Å². The molecule has 0 unspecified atom stereocenters. The Labute approximate surface area is 196 Å². The van der Waals surface area contributed by atoms with Crippen LogP contribution in [-0.4, -0.2) is 57.7 Å². The predicted molar refractivity (Wildman–Crippen MR) is 131 cm³/mol. The first-order chi connectivity index (χ1) is 16.5. The van der Waals surface area contributed by atoms with Crippen LogP contribution in [0.15, 0.2) is 78.9 Å². The summed E-state index contributed by atoms with van der Waals surface area (Å²) in [7, 11) is 0. The molecule has 0 radical (unpaired) electrons. The molecule has 174 valence electrons. The summed E-state index contributed by atoms with van der Waals surface area (Å²) in [6.45, 7) is -0.519. The Kier molecular flexibility index (Phi) is 6.32. The number of fused-ring (bicyclic) bond motifs is 2. The maximum Gasteiger partial charge on any atom is 0.229 e. The van der Waals surface area contributed by atoms with Crippen molar-refractivity contribution in [3.05, 3.63) is 90.0 Å². The largest absolute Gasteiger partial charge is 0.461 e. The van der Waals surface area contributed by atoms with E-state index >= 15 is 0 Å². The molecule has 5 rings (SSSR count). The summed E-state index contributed by atoms with van der Waals surface area (Å²) in [5.74, 6) is 0.472. The fraction of sp³-hybridized carbons (Fsp3) is 0.214. The highest BCUT2D eigenvalue weighted by atomic mass is 16.7. The lowest BCUT2D eigenvalue weighted by Gasteiger charge is -2.39. The molecular weight excluding hydrogens is 432 g/mol. The van der Waals surface area contributed by atoms with E-state index < -0.39 is 37.3 Å². The summed E-state index contributed by atoms with van der Waals surface area (Å²) in [6, 6.07) is 25.9. The molecule has 0 spiro atoms. The number of hydrogen-bond acceptors (Lipinski definition) is 6. The average Bonchev–Trinajstić information content (AvgIpc) is 2.88. The maximum atomic E-state index is 10.5. The zero-order chi connectivity index (χ0) is 23.7. The fourth-order valence-corrected chi connectivity index (χ4v) is 4.30. The normalized spacial score (nSPS) is 25.2. The van der Waals surface area contributed by atoms with Gasteiger partial charge in [-0.1, -0.05) is 84.9 Å². The first-order valence-electron chi connectivity index (χ1n) is 11.2. The SMILES string of the molecule is OC[C@H]1O[C@@H](Oc2c(/C=C/c3ccc4ccccc4c3)ccc3ccccc23)[C@H](O)[C@@H](O)[C@@H]1O. The molecule has 4 aromatic carbocycles. The van der Waals surface area contributed by atoms with E-state index in [-0.39, 0.29) is 0 Å². The van der Waals surface area contributed by atoms with Gasteiger partial charge in [0.1, 0.15) is 30.2 Å². The molecule has 0 saturated carbocycles. The van der Waals surface area contributed by atoms with E-state index in [0.717, 1.165) is 32.7 Å². The Balaban J connectivity index is 1.52. The first-order valence-corrected chi connectivity index (χ1v) is 11.2. The van der Waals surface area contributed by atoms with E-state index in [1.807, 2.05) is 66.7 Å². The van der Waals surface area contributed by atoms with Crippen LogP contribution >= 0.6 is 0 Å². The van der Waals surface area contributed by atoms with Crippen molar-refractivity contribution in [3.63, 3.8) is 0 Å². The molecule has 34 heavy (non-hydrogen) atoms. The van der Waals surface area contributed by atoms with Crippen LogP contribution in [0.25, 0.3) is 33.7 Å². The van der Waals surface area contributed by atoms with Gasteiger partial charge < -0.3 is 29.9 Å². The molecule has 6 heteroatoms. The molecule has 1 heterocycles. The van der Waals surface area contributed by atoms with Crippen molar-refractivity contribution < 1.29 is 29.9 Å². The third kappa shape index (κ3) is 4.30. The number of aliphatic hydroxyl groups is 4. The lowest BCUT2D eigenvalue weighted by molar-refractivity contribution is -0.277. The molecule has 4 aromatic rings. The summed E-state index contributed by atoms with van der Waals surface area (Å²) in [5.41, 5.74) is 1.77. The molecule has 1 fully saturated rings. The van der Waals surface area contributed by atoms with Gasteiger partial charge in [-0.25, -0.2) is 0 Å². The van der Waals surface area contributed by atoms with Gasteiger partial charge in [-0.2, -0.15) is 0 Å². The van der Waals surface area contributed by atoms with Gasteiger partial charge in [0.15, 0.2) is 0 Å². The third-order valence-electron chi connectivity index (χ3n) is 6.22. The smallest absolute Gasteiger partial charge is 0.229 e. The molecular formula is C28H26O6. The molecule has 0 amide bonds. The van der Waals surface area contributed by atoms with Crippen LogP contribution in [0, 0.1) is 0 Å². The Bertz CT molecular complexity index is 1330. The molecule has 1 saturated heterocycles. The summed E-state index contributed by atoms with van der Waals surface area (Å²) in [6.07, 6.45) is -2.85. The van der Waals surface area contributed by atoms with Gasteiger partial charge in [0.05, 0.1) is 6.61 Å². The molecule has 0 bridgehead atoms. The highest BCUT2D eigenvalue weighted by Gasteiger charge is 2.45. The van der Waals surface area contributed by atoms with Gasteiger partial charge in [-0.05, 0) is 27.8 Å². The maximum absolute atomic E-state index is 10.5. The van der Waals surface area contributed by atoms with Crippen molar-refractivity contribution in [3.8, 4) is 5.75 Å². The number of hydrogen-bond donors (Lipinski definition) is 4. The van der Waals surface area contributed by atoms with E-state index in [1.54, 1.807) is 0 Å². The van der Waals surface area contributed by atoms with Crippen molar-refractivity contribution in [2.75, 3.05) is 6.61 Å². The summed E-state index contributed by atoms with van der Waals surface area (Å²) < 4.78 is 11.7. The first kappa shape index (κ1) is 22.5. The van der Waals surface area contributed by atoms with Crippen LogP contribution in [0.1, 0.15) is 11.1 Å². The second kappa shape index (κ2) is 9.54. The Morgan fingerprint density at radius 1 is 0.735 bits per heavy atom. The minimum Gasteiger partial charge on any atom is -0.461 e. The van der Waals surface area contributed by atoms with Crippen LogP contribution < -0.4 is 4.74 Å². The van der Waals surface area contributed by atoms with E-state index in [9.17, 15) is 20.4 Å². The van der Waals surface area contributed by atoms with Gasteiger partial charge in [-0.3, -0.25) is 0 Å². The Morgan fingerprint density at radius 2 is 1.44 bits per heavy atom. The highest BCUT2D eigenvalue weighted by molar-refractivity contribution is 5.93. The highest BCUT2D eigenvalue weighted by Crippen LogP contribution is 2.34. The summed E-state index contributed by atoms with van der Waals surface area (Å²) >= 11 is 0. The van der Waals surface area contributed by atoms with Crippen LogP contribution in [0.5, 0.6) is 5.75 Å². The van der Waals surface area contributed by atoms with Crippen molar-refractivity contribution in [2.24, 2.45) is 0 Å². The number of rotatable bonds is 5. The van der Waals surface area contributed by atoms with E-state index in [2.05, 4.69) is 24.3 Å². The van der Waals surface area contributed by atoms with Crippen molar-refractivity contribution >= 4 is 33.7 Å². The zero-order valence-corrected chi connectivity index (χ0v) is 18.4. The second-order valence-corrected chi connectivity index (χ2v) is 8.46. The standard InChI is InChI=1S/C28H26O6/c29-16-23-24(30)25(31)26(32)28(33-23)34-27-20(14-13-19-6-3-4-8-22(19)27)12-10-17-9-11-18-5-1-2-7-21(18)15-17/h1-15,23-26,28-32H,16H2/b12-10+/t23-,24-,25+,26-,28+/m1/s1. The van der Waals surface area contributed by atoms with E-state index in [0.29, 0.717) is 5.75 Å². The molecule has 0 aromatic heterocycles. The zero-order valence-electron chi connectivity index (χ0n) is 18.4. The van der Waals surface area contributed by atoms with Crippen molar-refractivity contribution in [1.29, 1.82) is 0 Å². The molecule has 5 atom stereocenters. The monoisotopic (exact) mass is 458 g/mol. The molecule has 0 aliphatic carbocycles. The van der Waals surface area contributed by atoms with E-state index in [1.165, 1.54) is 0 Å². The van der Waals surface area contributed by atoms with Gasteiger partial charge in [0.25, 0.3) is 0 Å². The van der Waals surface area contributed by atoms with Gasteiger partial charge in [-0.15, -0.1) is 0 Å². The minimum atomic E-state index is -1.51. The van der Waals surface area contributed by atoms with Gasteiger partial charge in [0, 0.05) is 10.9 Å². The van der Waals surface area contributed by atoms with Crippen LogP contribution in [0.4, 0.5) is 0 Å². The van der Waals surface area contributed by atoms with Crippen LogP contribution in [-0.2, 0) is 4.74 Å². The number of ether oxygens (including phenoxy) is 2. The topological polar surface area (TPSA) is 99.4 Å². The fourth-order valence-electron chi connectivity index (χ4n) is 4.30. The quantitative estimate of drug-likeness (QED) is 0.343. The lowest BCUT2D eigenvalue weighted by atomic mass is 9.99. The lowest BCUT2D eigenvalue weighted by Crippen LogP contribution is -2.60. The summed E-state index contributed by atoms with van der Waals surface area (Å²) in [4.78, 5) is 0. The van der Waals surface area contributed by atoms with Gasteiger partial charge in [0.2, 0.25) is 6.29 Å². The third-order valence-corrected chi connectivity index (χ3v) is 6.22. The Morgan fingerprint density at radius 3 is 2.24 bits per heavy atom. The van der Waals surface area contributed by atoms with Crippen molar-refractivity contribution in [1.82, 2.24) is 0 Å².